The standard InChI is InChI=1S/C15H16/c1-2-4-6-8-10-12-14-15-13-11-9-7-5-3-1/h1-14H,15H2/b2-1-,5-3+,6-4+,9-7+,10-8+,13-11-,14-12?. The average Bonchev–Trinajstić information content (AvgIpc) is 2.27. The largest absolute Gasteiger partial charge is 0.0807 e. The van der Waals surface area contributed by atoms with Gasteiger partial charge < -0.3 is 0 Å². The van der Waals surface area contributed by atoms with Crippen LogP contribution in [0.15, 0.2) is 85.1 Å². The molecule has 0 N–H and O–H groups in total. The van der Waals surface area contributed by atoms with Gasteiger partial charge in [0.05, 0.1) is 0 Å². The summed E-state index contributed by atoms with van der Waals surface area (Å²) < 4.78 is 0. The number of allylic oxidation sites excluding steroid dienone is 14. The Hall–Kier alpha value is -1.82. The van der Waals surface area contributed by atoms with E-state index in [9.17, 15) is 0 Å². The van der Waals surface area contributed by atoms with Crippen molar-refractivity contribution in [3.05, 3.63) is 85.1 Å². The Morgan fingerprint density at radius 3 is 0.933 bits per heavy atom. The van der Waals surface area contributed by atoms with Gasteiger partial charge in [-0.25, -0.2) is 0 Å². The molecule has 1 rings (SSSR count). The van der Waals surface area contributed by atoms with E-state index in [4.69, 9.17) is 0 Å². The Morgan fingerprint density at radius 2 is 0.600 bits per heavy atom. The van der Waals surface area contributed by atoms with Gasteiger partial charge in [-0.3, -0.25) is 0 Å². The maximum absolute atomic E-state index is 2.12. The molecule has 15 heavy (non-hydrogen) atoms. The smallest absolute Gasteiger partial charge is 0.0163 e. The van der Waals surface area contributed by atoms with Crippen molar-refractivity contribution in [3.8, 4) is 0 Å². The van der Waals surface area contributed by atoms with E-state index < -0.39 is 0 Å². The third-order valence-electron chi connectivity index (χ3n) is 1.77. The van der Waals surface area contributed by atoms with Gasteiger partial charge in [-0.15, -0.1) is 0 Å². The topological polar surface area (TPSA) is 0 Å². The van der Waals surface area contributed by atoms with E-state index >= 15 is 0 Å². The van der Waals surface area contributed by atoms with Crippen molar-refractivity contribution in [3.63, 3.8) is 0 Å². The highest BCUT2D eigenvalue weighted by molar-refractivity contribution is 5.21. The second-order valence-corrected chi connectivity index (χ2v) is 3.02. The van der Waals surface area contributed by atoms with Crippen LogP contribution in [0.4, 0.5) is 0 Å². The lowest BCUT2D eigenvalue weighted by molar-refractivity contribution is 1.39. The van der Waals surface area contributed by atoms with Gasteiger partial charge in [0.25, 0.3) is 0 Å². The molecule has 0 spiro atoms. The zero-order valence-electron chi connectivity index (χ0n) is 8.79. The summed E-state index contributed by atoms with van der Waals surface area (Å²) >= 11 is 0. The number of hydrogen-bond donors (Lipinski definition) is 0. The van der Waals surface area contributed by atoms with Crippen LogP contribution in [0.1, 0.15) is 6.42 Å². The van der Waals surface area contributed by atoms with Crippen LogP contribution in [0.2, 0.25) is 0 Å². The molecule has 76 valence electrons. The van der Waals surface area contributed by atoms with Crippen LogP contribution in [-0.4, -0.2) is 0 Å². The van der Waals surface area contributed by atoms with Crippen LogP contribution in [0, 0.1) is 0 Å². The highest BCUT2D eigenvalue weighted by Gasteiger charge is 1.69. The van der Waals surface area contributed by atoms with Crippen molar-refractivity contribution >= 4 is 0 Å². The minimum atomic E-state index is 0.973. The Kier molecular flexibility index (Phi) is 6.58. The molecular weight excluding hydrogens is 180 g/mol. The summed E-state index contributed by atoms with van der Waals surface area (Å²) in [5.74, 6) is 0. The molecule has 0 heterocycles. The lowest BCUT2D eigenvalue weighted by atomic mass is 10.3. The molecule has 0 aromatic heterocycles. The molecule has 0 saturated carbocycles. The molecule has 0 saturated heterocycles. The fourth-order valence-electron chi connectivity index (χ4n) is 1.03. The van der Waals surface area contributed by atoms with Gasteiger partial charge in [-0.2, -0.15) is 0 Å². The minimum Gasteiger partial charge on any atom is -0.0807 e. The van der Waals surface area contributed by atoms with Crippen LogP contribution in [0.25, 0.3) is 0 Å². The van der Waals surface area contributed by atoms with Crippen LogP contribution >= 0.6 is 0 Å². The van der Waals surface area contributed by atoms with Gasteiger partial charge in [0.2, 0.25) is 0 Å². The predicted octanol–water partition coefficient (Wildman–Crippen LogP) is 4.28. The van der Waals surface area contributed by atoms with E-state index in [0.29, 0.717) is 0 Å². The third-order valence-corrected chi connectivity index (χ3v) is 1.77. The molecule has 0 radical (unpaired) electrons. The Bertz CT molecular complexity index is 310. The van der Waals surface area contributed by atoms with Crippen LogP contribution in [0.5, 0.6) is 0 Å². The van der Waals surface area contributed by atoms with E-state index in [1.165, 1.54) is 0 Å². The zero-order chi connectivity index (χ0) is 10.6. The van der Waals surface area contributed by atoms with Gasteiger partial charge in [0.1, 0.15) is 0 Å². The first-order valence-electron chi connectivity index (χ1n) is 5.15. The molecule has 1 aliphatic rings. The summed E-state index contributed by atoms with van der Waals surface area (Å²) in [7, 11) is 0. The lowest BCUT2D eigenvalue weighted by Crippen LogP contribution is -1.57. The van der Waals surface area contributed by atoms with Crippen molar-refractivity contribution in [2.24, 2.45) is 0 Å². The van der Waals surface area contributed by atoms with Gasteiger partial charge in [-0.05, 0) is 6.42 Å². The summed E-state index contributed by atoms with van der Waals surface area (Å²) in [6, 6.07) is 0. The molecule has 0 aromatic carbocycles. The molecule has 1 aliphatic carbocycles. The molecule has 0 nitrogen and oxygen atoms in total. The first-order valence-corrected chi connectivity index (χ1v) is 5.15. The van der Waals surface area contributed by atoms with Gasteiger partial charge in [-0.1, -0.05) is 85.1 Å². The fraction of sp³-hybridized carbons (Fsp3) is 0.0667. The highest BCUT2D eigenvalue weighted by Crippen LogP contribution is 1.90. The van der Waals surface area contributed by atoms with Crippen molar-refractivity contribution in [1.29, 1.82) is 0 Å². The maximum Gasteiger partial charge on any atom is -0.0163 e. The number of rotatable bonds is 0. The molecule has 0 aliphatic heterocycles. The van der Waals surface area contributed by atoms with Gasteiger partial charge >= 0.3 is 0 Å². The summed E-state index contributed by atoms with van der Waals surface area (Å²) in [5.41, 5.74) is 0. The predicted molar refractivity (Wildman–Crippen MR) is 68.6 cm³/mol. The molecule has 0 aromatic rings. The molecule has 0 atom stereocenters. The van der Waals surface area contributed by atoms with Crippen molar-refractivity contribution in [1.82, 2.24) is 0 Å². The minimum absolute atomic E-state index is 0.973. The zero-order valence-corrected chi connectivity index (χ0v) is 8.79. The number of hydrogen-bond acceptors (Lipinski definition) is 0. The molecule has 0 fully saturated rings. The molecule has 0 bridgehead atoms. The molecule has 0 unspecified atom stereocenters. The van der Waals surface area contributed by atoms with E-state index in [-0.39, 0.29) is 0 Å². The van der Waals surface area contributed by atoms with E-state index in [1.807, 2.05) is 60.8 Å². The average molecular weight is 196 g/mol. The quantitative estimate of drug-likeness (QED) is 0.542. The van der Waals surface area contributed by atoms with E-state index in [2.05, 4.69) is 24.3 Å². The molecular formula is C15H16. The fourth-order valence-corrected chi connectivity index (χ4v) is 1.03. The Labute approximate surface area is 92.0 Å². The van der Waals surface area contributed by atoms with Crippen LogP contribution in [0.3, 0.4) is 0 Å². The van der Waals surface area contributed by atoms with Crippen LogP contribution < -0.4 is 0 Å². The lowest BCUT2D eigenvalue weighted by Gasteiger charge is -1.78. The van der Waals surface area contributed by atoms with Crippen molar-refractivity contribution in [2.45, 2.75) is 6.42 Å². The van der Waals surface area contributed by atoms with Crippen molar-refractivity contribution in [2.75, 3.05) is 0 Å². The van der Waals surface area contributed by atoms with E-state index in [1.54, 1.807) is 0 Å². The summed E-state index contributed by atoms with van der Waals surface area (Å²) in [5, 5.41) is 0. The van der Waals surface area contributed by atoms with Crippen LogP contribution in [-0.2, 0) is 0 Å². The van der Waals surface area contributed by atoms with Crippen molar-refractivity contribution < 1.29 is 0 Å². The van der Waals surface area contributed by atoms with Gasteiger partial charge in [0, 0.05) is 0 Å². The monoisotopic (exact) mass is 196 g/mol. The maximum atomic E-state index is 2.12. The molecule has 0 amide bonds. The first kappa shape index (κ1) is 11.3. The second kappa shape index (κ2) is 8.76. The summed E-state index contributed by atoms with van der Waals surface area (Å²) in [6.45, 7) is 0. The Balaban J connectivity index is 2.62. The highest BCUT2D eigenvalue weighted by atomic mass is 13.8. The third kappa shape index (κ3) is 7.27. The molecule has 0 heteroatoms. The SMILES string of the molecule is C1=CC\C=C/C=C/C=C/C=C\C=C\C=C\1. The first-order chi connectivity index (χ1) is 7.50. The normalized spacial score (nSPS) is 29.3. The Morgan fingerprint density at radius 1 is 0.333 bits per heavy atom. The second-order valence-electron chi connectivity index (χ2n) is 3.02. The summed E-state index contributed by atoms with van der Waals surface area (Å²) in [6.07, 6.45) is 29.5. The van der Waals surface area contributed by atoms with E-state index in [0.717, 1.165) is 6.42 Å². The summed E-state index contributed by atoms with van der Waals surface area (Å²) in [4.78, 5) is 0. The van der Waals surface area contributed by atoms with Gasteiger partial charge in [0.15, 0.2) is 0 Å².